The van der Waals surface area contributed by atoms with Gasteiger partial charge in [0.2, 0.25) is 0 Å². The van der Waals surface area contributed by atoms with Gasteiger partial charge in [-0.3, -0.25) is 5.41 Å². The molecule has 0 fully saturated rings. The molecule has 3 rings (SSSR count). The van der Waals surface area contributed by atoms with Crippen molar-refractivity contribution in [2.75, 3.05) is 18.8 Å². The van der Waals surface area contributed by atoms with Crippen molar-refractivity contribution < 1.29 is 9.13 Å². The molecule has 0 aliphatic carbocycles. The Morgan fingerprint density at radius 2 is 2.18 bits per heavy atom. The van der Waals surface area contributed by atoms with Gasteiger partial charge >= 0.3 is 0 Å². The van der Waals surface area contributed by atoms with Crippen LogP contribution in [-0.2, 0) is 0 Å². The van der Waals surface area contributed by atoms with Crippen LogP contribution in [0.1, 0.15) is 50.5 Å². The van der Waals surface area contributed by atoms with E-state index in [1.165, 1.54) is 12.1 Å². The molecule has 1 atom stereocenters. The summed E-state index contributed by atoms with van der Waals surface area (Å²) in [6.45, 7) is 8.64. The fourth-order valence-electron chi connectivity index (χ4n) is 3.57. The van der Waals surface area contributed by atoms with E-state index < -0.39 is 11.9 Å². The molecule has 0 saturated heterocycles. The number of hydrogen-bond acceptors (Lipinski definition) is 6. The molecule has 0 spiro atoms. The number of fused-ring (bicyclic) bond motifs is 3. The second-order valence-corrected chi connectivity index (χ2v) is 8.31. The monoisotopic (exact) mass is 451 g/mol. The van der Waals surface area contributed by atoms with Crippen LogP contribution in [0.5, 0.6) is 5.75 Å². The average Bonchev–Trinajstić information content (AvgIpc) is 2.75. The van der Waals surface area contributed by atoms with Crippen molar-refractivity contribution >= 4 is 29.4 Å². The summed E-state index contributed by atoms with van der Waals surface area (Å²) in [5.74, 6) is 0.908. The van der Waals surface area contributed by atoms with E-state index in [0.29, 0.717) is 46.5 Å². The average molecular weight is 452 g/mol. The number of halogens is 1. The predicted octanol–water partition coefficient (Wildman–Crippen LogP) is 3.90. The largest absolute Gasteiger partial charge is 0.482 e. The number of rotatable bonds is 5. The van der Waals surface area contributed by atoms with Crippen molar-refractivity contribution in [3.8, 4) is 5.75 Å². The Morgan fingerprint density at radius 3 is 2.85 bits per heavy atom. The van der Waals surface area contributed by atoms with E-state index in [0.717, 1.165) is 17.6 Å². The van der Waals surface area contributed by atoms with Crippen molar-refractivity contribution in [3.63, 3.8) is 0 Å². The minimum atomic E-state index is -0.577. The molecule has 2 aromatic rings. The molecule has 0 radical (unpaired) electrons. The van der Waals surface area contributed by atoms with Crippen molar-refractivity contribution in [3.05, 3.63) is 58.5 Å². The summed E-state index contributed by atoms with van der Waals surface area (Å²) in [6.07, 6.45) is 1.99. The quantitative estimate of drug-likeness (QED) is 0.347. The van der Waals surface area contributed by atoms with E-state index >= 15 is 0 Å². The zero-order valence-electron chi connectivity index (χ0n) is 19.3. The Kier molecular flexibility index (Phi) is 7.42. The lowest BCUT2D eigenvalue weighted by Crippen LogP contribution is -2.32. The Hall–Kier alpha value is -3.75. The van der Waals surface area contributed by atoms with Crippen molar-refractivity contribution in [1.29, 1.82) is 10.8 Å². The maximum atomic E-state index is 14.2. The summed E-state index contributed by atoms with van der Waals surface area (Å²) >= 11 is 0. The molecule has 1 unspecified atom stereocenters. The van der Waals surface area contributed by atoms with Gasteiger partial charge in [0.15, 0.2) is 11.6 Å². The highest BCUT2D eigenvalue weighted by atomic mass is 19.1. The van der Waals surface area contributed by atoms with Crippen LogP contribution in [0.4, 0.5) is 10.2 Å². The van der Waals surface area contributed by atoms with Crippen LogP contribution in [0.3, 0.4) is 0 Å². The van der Waals surface area contributed by atoms with Crippen molar-refractivity contribution in [1.82, 2.24) is 15.6 Å². The van der Waals surface area contributed by atoms with Crippen LogP contribution in [0.25, 0.3) is 5.70 Å². The first kappa shape index (κ1) is 23.9. The lowest BCUT2D eigenvalue weighted by atomic mass is 9.99. The highest BCUT2D eigenvalue weighted by Gasteiger charge is 2.22. The van der Waals surface area contributed by atoms with Gasteiger partial charge in [0, 0.05) is 53.0 Å². The molecule has 1 aliphatic heterocycles. The smallest absolute Gasteiger partial charge is 0.166 e. The number of amidine groups is 1. The molecule has 1 aromatic heterocycles. The van der Waals surface area contributed by atoms with E-state index in [-0.39, 0.29) is 12.4 Å². The van der Waals surface area contributed by atoms with Gasteiger partial charge < -0.3 is 26.5 Å². The molecular weight excluding hydrogens is 421 g/mol. The van der Waals surface area contributed by atoms with Crippen molar-refractivity contribution in [2.45, 2.75) is 33.8 Å². The van der Waals surface area contributed by atoms with E-state index in [1.807, 2.05) is 0 Å². The standard InChI is InChI=1S/C24H30FN7O/c1-13(2)9-29-22-16-7-21(23(28)30-10-16)33-15(4)19-8-17(25)5-6-18(19)24(32-12-26)31-11-20(22)14(3)27/h5-8,10,12-13,15,27,29H,9,11H2,1-4H3,(H2,28,30)(H2,26,31,32)/b22-20-,27-14?. The van der Waals surface area contributed by atoms with E-state index in [2.05, 4.69) is 34.5 Å². The summed E-state index contributed by atoms with van der Waals surface area (Å²) < 4.78 is 20.3. The molecule has 0 amide bonds. The number of nitrogens with one attached hydrogen (secondary N) is 4. The third kappa shape index (κ3) is 5.54. The molecule has 1 aromatic carbocycles. The van der Waals surface area contributed by atoms with Gasteiger partial charge in [-0.05, 0) is 44.0 Å². The molecule has 0 saturated carbocycles. The number of anilines is 1. The van der Waals surface area contributed by atoms with Crippen LogP contribution in [0, 0.1) is 22.6 Å². The summed E-state index contributed by atoms with van der Waals surface area (Å²) in [7, 11) is 0. The third-order valence-electron chi connectivity index (χ3n) is 5.25. The lowest BCUT2D eigenvalue weighted by molar-refractivity contribution is 0.227. The van der Waals surface area contributed by atoms with Crippen LogP contribution in [0.15, 0.2) is 41.0 Å². The molecule has 8 nitrogen and oxygen atoms in total. The summed E-state index contributed by atoms with van der Waals surface area (Å²) in [4.78, 5) is 8.49. The number of ether oxygens (including phenoxy) is 1. The maximum Gasteiger partial charge on any atom is 0.166 e. The number of aliphatic imine (C=N–C) groups is 1. The number of hydrogen-bond donors (Lipinski definition) is 5. The zero-order valence-corrected chi connectivity index (χ0v) is 19.3. The molecule has 6 N–H and O–H groups in total. The molecular formula is C24H30FN7O. The minimum Gasteiger partial charge on any atom is -0.482 e. The topological polar surface area (TPSA) is 132 Å². The summed E-state index contributed by atoms with van der Waals surface area (Å²) in [5.41, 5.74) is 9.76. The molecule has 9 heteroatoms. The highest BCUT2D eigenvalue weighted by Crippen LogP contribution is 2.31. The van der Waals surface area contributed by atoms with Gasteiger partial charge in [0.1, 0.15) is 24.1 Å². The number of nitrogens with zero attached hydrogens (tertiary/aromatic N) is 2. The van der Waals surface area contributed by atoms with Gasteiger partial charge in [-0.2, -0.15) is 0 Å². The van der Waals surface area contributed by atoms with Gasteiger partial charge in [-0.1, -0.05) is 13.8 Å². The number of nitrogens with two attached hydrogens (primary N) is 1. The molecule has 33 heavy (non-hydrogen) atoms. The Labute approximate surface area is 193 Å². The highest BCUT2D eigenvalue weighted by molar-refractivity contribution is 6.06. The normalized spacial score (nSPS) is 19.6. The van der Waals surface area contributed by atoms with Crippen LogP contribution in [-0.4, -0.2) is 36.0 Å². The molecule has 2 bridgehead atoms. The van der Waals surface area contributed by atoms with Crippen LogP contribution >= 0.6 is 0 Å². The molecule has 1 aliphatic rings. The lowest BCUT2D eigenvalue weighted by Gasteiger charge is -2.24. The van der Waals surface area contributed by atoms with Gasteiger partial charge in [-0.25, -0.2) is 14.4 Å². The second-order valence-electron chi connectivity index (χ2n) is 8.31. The van der Waals surface area contributed by atoms with Crippen LogP contribution in [0.2, 0.25) is 0 Å². The zero-order chi connectivity index (χ0) is 24.1. The van der Waals surface area contributed by atoms with Gasteiger partial charge in [-0.15, -0.1) is 0 Å². The minimum absolute atomic E-state index is 0.212. The van der Waals surface area contributed by atoms with Gasteiger partial charge in [0.05, 0.1) is 0 Å². The van der Waals surface area contributed by atoms with Gasteiger partial charge in [0.25, 0.3) is 0 Å². The molecule has 2 heterocycles. The molecule has 174 valence electrons. The fraction of sp³-hybridized carbons (Fsp3) is 0.333. The van der Waals surface area contributed by atoms with E-state index in [9.17, 15) is 4.39 Å². The maximum absolute atomic E-state index is 14.2. The Morgan fingerprint density at radius 1 is 1.42 bits per heavy atom. The second kappa shape index (κ2) is 10.2. The first-order chi connectivity index (χ1) is 15.7. The van der Waals surface area contributed by atoms with Crippen LogP contribution < -0.4 is 21.1 Å². The third-order valence-corrected chi connectivity index (χ3v) is 5.25. The predicted molar refractivity (Wildman–Crippen MR) is 131 cm³/mol. The summed E-state index contributed by atoms with van der Waals surface area (Å²) in [6, 6.07) is 6.11. The number of pyridine rings is 1. The first-order valence-corrected chi connectivity index (χ1v) is 10.8. The number of aromatic nitrogens is 1. The van der Waals surface area contributed by atoms with E-state index in [1.54, 1.807) is 32.2 Å². The number of nitrogen functional groups attached to an aromatic ring is 1. The SMILES string of the molecule is CC(=N)/C1=C(\NCC(C)C)c2cnc(N)c(c2)OC(C)c2cc(F)ccc2/C(=N/C=N)NC1. The Bertz CT molecular complexity index is 1120. The fourth-order valence-corrected chi connectivity index (χ4v) is 3.57. The first-order valence-electron chi connectivity index (χ1n) is 10.8. The Balaban J connectivity index is 2.26. The van der Waals surface area contributed by atoms with E-state index in [4.69, 9.17) is 21.3 Å². The summed E-state index contributed by atoms with van der Waals surface area (Å²) in [5, 5.41) is 22.6. The number of benzene rings is 1. The van der Waals surface area contributed by atoms with Crippen molar-refractivity contribution in [2.24, 2.45) is 10.9 Å².